The molecule has 1 aliphatic heterocycles. The van der Waals surface area contributed by atoms with Gasteiger partial charge in [0.05, 0.1) is 5.92 Å². The van der Waals surface area contributed by atoms with Crippen molar-refractivity contribution in [3.05, 3.63) is 29.8 Å². The number of fused-ring (bicyclic) bond motifs is 1. The van der Waals surface area contributed by atoms with Crippen molar-refractivity contribution in [3.8, 4) is 0 Å². The average molecular weight is 261 g/mol. The molecule has 4 heteroatoms. The van der Waals surface area contributed by atoms with Crippen molar-refractivity contribution in [1.29, 1.82) is 0 Å². The summed E-state index contributed by atoms with van der Waals surface area (Å²) in [6.45, 7) is 2.51. The van der Waals surface area contributed by atoms with Crippen LogP contribution in [0.1, 0.15) is 12.0 Å². The quantitative estimate of drug-likeness (QED) is 0.786. The smallest absolute Gasteiger partial charge is 0.227 e. The molecule has 2 N–H and O–H groups in total. The van der Waals surface area contributed by atoms with E-state index in [0.717, 1.165) is 32.5 Å². The van der Waals surface area contributed by atoms with Gasteiger partial charge in [0.25, 0.3) is 0 Å². The van der Waals surface area contributed by atoms with Crippen LogP contribution < -0.4 is 10.6 Å². The summed E-state index contributed by atoms with van der Waals surface area (Å²) in [5.74, 6) is 0.313. The van der Waals surface area contributed by atoms with E-state index in [2.05, 4.69) is 22.8 Å². The van der Waals surface area contributed by atoms with E-state index in [9.17, 15) is 4.79 Å². The van der Waals surface area contributed by atoms with Crippen molar-refractivity contribution in [3.63, 3.8) is 0 Å². The highest BCUT2D eigenvalue weighted by Crippen LogP contribution is 2.25. The van der Waals surface area contributed by atoms with E-state index in [4.69, 9.17) is 0 Å². The van der Waals surface area contributed by atoms with Crippen molar-refractivity contribution in [1.82, 2.24) is 10.2 Å². The molecular formula is C15H23N3O. The molecule has 4 nitrogen and oxygen atoms in total. The number of carbonyl (C=O) groups excluding carboxylic acids is 1. The van der Waals surface area contributed by atoms with Crippen molar-refractivity contribution in [2.24, 2.45) is 5.92 Å². The lowest BCUT2D eigenvalue weighted by Gasteiger charge is -2.29. The zero-order chi connectivity index (χ0) is 13.7. The monoisotopic (exact) mass is 261 g/mol. The second-order valence-electron chi connectivity index (χ2n) is 5.16. The first-order chi connectivity index (χ1) is 9.22. The number of hydrogen-bond acceptors (Lipinski definition) is 3. The van der Waals surface area contributed by atoms with Crippen LogP contribution >= 0.6 is 0 Å². The molecule has 0 spiro atoms. The third-order valence-corrected chi connectivity index (χ3v) is 3.67. The molecule has 1 heterocycles. The molecule has 1 aliphatic rings. The van der Waals surface area contributed by atoms with E-state index in [0.29, 0.717) is 0 Å². The zero-order valence-electron chi connectivity index (χ0n) is 11.8. The van der Waals surface area contributed by atoms with E-state index in [-0.39, 0.29) is 11.8 Å². The van der Waals surface area contributed by atoms with Crippen LogP contribution in [-0.4, -0.2) is 44.5 Å². The fraction of sp³-hybridized carbons (Fsp3) is 0.533. The van der Waals surface area contributed by atoms with Gasteiger partial charge in [-0.1, -0.05) is 18.2 Å². The molecule has 1 aromatic rings. The standard InChI is InChI=1S/C15H23N3O/c1-16-8-5-9-18(2)15(19)13-10-12-6-3-4-7-14(12)17-11-13/h3-4,6-7,13,16-17H,5,8-11H2,1-2H3. The van der Waals surface area contributed by atoms with Crippen LogP contribution in [0, 0.1) is 5.92 Å². The summed E-state index contributed by atoms with van der Waals surface area (Å²) in [7, 11) is 3.84. The van der Waals surface area contributed by atoms with E-state index in [1.807, 2.05) is 31.1 Å². The van der Waals surface area contributed by atoms with Crippen LogP contribution in [0.25, 0.3) is 0 Å². The van der Waals surface area contributed by atoms with Crippen LogP contribution in [0.2, 0.25) is 0 Å². The van der Waals surface area contributed by atoms with Gasteiger partial charge < -0.3 is 15.5 Å². The molecule has 1 atom stereocenters. The molecule has 0 saturated heterocycles. The third-order valence-electron chi connectivity index (χ3n) is 3.67. The van der Waals surface area contributed by atoms with Crippen LogP contribution in [-0.2, 0) is 11.2 Å². The lowest BCUT2D eigenvalue weighted by atomic mass is 9.93. The lowest BCUT2D eigenvalue weighted by Crippen LogP contribution is -2.40. The highest BCUT2D eigenvalue weighted by Gasteiger charge is 2.26. The SMILES string of the molecule is CNCCCN(C)C(=O)C1CNc2ccccc2C1. The van der Waals surface area contributed by atoms with Crippen LogP contribution in [0.4, 0.5) is 5.69 Å². The number of rotatable bonds is 5. The summed E-state index contributed by atoms with van der Waals surface area (Å²) in [6.07, 6.45) is 1.84. The highest BCUT2D eigenvalue weighted by molar-refractivity contribution is 5.80. The Morgan fingerprint density at radius 1 is 1.47 bits per heavy atom. The number of anilines is 1. The number of hydrogen-bond donors (Lipinski definition) is 2. The molecule has 104 valence electrons. The molecule has 0 aromatic heterocycles. The predicted molar refractivity (Wildman–Crippen MR) is 78.3 cm³/mol. The zero-order valence-corrected chi connectivity index (χ0v) is 11.8. The van der Waals surface area contributed by atoms with Gasteiger partial charge in [-0.15, -0.1) is 0 Å². The maximum atomic E-state index is 12.4. The van der Waals surface area contributed by atoms with Crippen LogP contribution in [0.3, 0.4) is 0 Å². The molecule has 0 saturated carbocycles. The van der Waals surface area contributed by atoms with Gasteiger partial charge in [-0.3, -0.25) is 4.79 Å². The van der Waals surface area contributed by atoms with E-state index >= 15 is 0 Å². The second-order valence-corrected chi connectivity index (χ2v) is 5.16. The Kier molecular flexibility index (Phi) is 4.80. The Hall–Kier alpha value is -1.55. The molecular weight excluding hydrogens is 238 g/mol. The van der Waals surface area contributed by atoms with Gasteiger partial charge in [-0.25, -0.2) is 0 Å². The molecule has 2 rings (SSSR count). The normalized spacial score (nSPS) is 17.5. The summed E-state index contributed by atoms with van der Waals surface area (Å²) in [5.41, 5.74) is 2.42. The fourth-order valence-corrected chi connectivity index (χ4v) is 2.53. The minimum absolute atomic E-state index is 0.0643. The Bertz CT molecular complexity index is 433. The van der Waals surface area contributed by atoms with Crippen molar-refractivity contribution in [2.45, 2.75) is 12.8 Å². The lowest BCUT2D eigenvalue weighted by molar-refractivity contribution is -0.133. The molecule has 0 fully saturated rings. The van der Waals surface area contributed by atoms with E-state index < -0.39 is 0 Å². The maximum Gasteiger partial charge on any atom is 0.227 e. The summed E-state index contributed by atoms with van der Waals surface area (Å²) in [4.78, 5) is 14.2. The summed E-state index contributed by atoms with van der Waals surface area (Å²) < 4.78 is 0. The van der Waals surface area contributed by atoms with Gasteiger partial charge >= 0.3 is 0 Å². The Morgan fingerprint density at radius 2 is 2.26 bits per heavy atom. The van der Waals surface area contributed by atoms with Gasteiger partial charge in [0.2, 0.25) is 5.91 Å². The first-order valence-electron chi connectivity index (χ1n) is 6.93. The maximum absolute atomic E-state index is 12.4. The van der Waals surface area contributed by atoms with Crippen molar-refractivity contribution in [2.75, 3.05) is 39.0 Å². The van der Waals surface area contributed by atoms with Crippen LogP contribution in [0.5, 0.6) is 0 Å². The number of benzene rings is 1. The summed E-state index contributed by atoms with van der Waals surface area (Å²) in [6, 6.07) is 8.23. The second kappa shape index (κ2) is 6.57. The fourth-order valence-electron chi connectivity index (χ4n) is 2.53. The summed E-state index contributed by atoms with van der Waals surface area (Å²) in [5, 5.41) is 6.46. The molecule has 19 heavy (non-hydrogen) atoms. The largest absolute Gasteiger partial charge is 0.384 e. The Morgan fingerprint density at radius 3 is 3.05 bits per heavy atom. The number of para-hydroxylation sites is 1. The van der Waals surface area contributed by atoms with Gasteiger partial charge in [-0.05, 0) is 38.1 Å². The number of amides is 1. The average Bonchev–Trinajstić information content (AvgIpc) is 2.46. The number of carbonyl (C=O) groups is 1. The van der Waals surface area contributed by atoms with Gasteiger partial charge in [0.15, 0.2) is 0 Å². The molecule has 1 aromatic carbocycles. The predicted octanol–water partition coefficient (Wildman–Crippen LogP) is 1.34. The van der Waals surface area contributed by atoms with Crippen LogP contribution in [0.15, 0.2) is 24.3 Å². The molecule has 0 bridgehead atoms. The molecule has 0 radical (unpaired) electrons. The number of nitrogens with zero attached hydrogens (tertiary/aromatic N) is 1. The van der Waals surface area contributed by atoms with Gasteiger partial charge in [0, 0.05) is 25.8 Å². The number of nitrogens with one attached hydrogen (secondary N) is 2. The van der Waals surface area contributed by atoms with E-state index in [1.54, 1.807) is 0 Å². The third kappa shape index (κ3) is 3.47. The molecule has 1 unspecified atom stereocenters. The minimum atomic E-state index is 0.0643. The Labute approximate surface area is 115 Å². The Balaban J connectivity index is 1.91. The van der Waals surface area contributed by atoms with Crippen molar-refractivity contribution < 1.29 is 4.79 Å². The molecule has 0 aliphatic carbocycles. The molecule has 1 amide bonds. The van der Waals surface area contributed by atoms with Crippen molar-refractivity contribution >= 4 is 11.6 Å². The van der Waals surface area contributed by atoms with E-state index in [1.165, 1.54) is 11.3 Å². The first kappa shape index (κ1) is 13.9. The summed E-state index contributed by atoms with van der Waals surface area (Å²) >= 11 is 0. The topological polar surface area (TPSA) is 44.4 Å². The highest BCUT2D eigenvalue weighted by atomic mass is 16.2. The first-order valence-corrected chi connectivity index (χ1v) is 6.93. The van der Waals surface area contributed by atoms with Gasteiger partial charge in [-0.2, -0.15) is 0 Å². The minimum Gasteiger partial charge on any atom is -0.384 e. The van der Waals surface area contributed by atoms with Gasteiger partial charge in [0.1, 0.15) is 0 Å².